The molecule has 0 aliphatic heterocycles. The van der Waals surface area contributed by atoms with Gasteiger partial charge in [0.2, 0.25) is 0 Å². The molecule has 2 heterocycles. The predicted octanol–water partition coefficient (Wildman–Crippen LogP) is 2.13. The zero-order valence-electron chi connectivity index (χ0n) is 14.5. The Morgan fingerprint density at radius 1 is 1.22 bits per heavy atom. The highest BCUT2D eigenvalue weighted by Gasteiger charge is 2.05. The number of carbonyl (C=O) groups excluding carboxylic acids is 1. The Kier molecular flexibility index (Phi) is 5.49. The first-order valence-electron chi connectivity index (χ1n) is 7.95. The van der Waals surface area contributed by atoms with Gasteiger partial charge in [0.15, 0.2) is 0 Å². The Morgan fingerprint density at radius 3 is 2.70 bits per heavy atom. The number of nitrogen functional groups attached to an aromatic ring is 2. The second-order valence-corrected chi connectivity index (χ2v) is 6.48. The molecule has 0 spiro atoms. The van der Waals surface area contributed by atoms with Crippen molar-refractivity contribution in [3.8, 4) is 11.8 Å². The van der Waals surface area contributed by atoms with Gasteiger partial charge in [-0.3, -0.25) is 0 Å². The third-order valence-corrected chi connectivity index (χ3v) is 4.39. The van der Waals surface area contributed by atoms with E-state index in [4.69, 9.17) is 11.5 Å². The fourth-order valence-electron chi connectivity index (χ4n) is 2.17. The van der Waals surface area contributed by atoms with Gasteiger partial charge >= 0.3 is 6.03 Å². The molecule has 9 heteroatoms. The lowest BCUT2D eigenvalue weighted by atomic mass is 10.2. The number of carbonyl (C=O) groups is 1. The summed E-state index contributed by atoms with van der Waals surface area (Å²) in [6.45, 7) is 2.28. The lowest BCUT2D eigenvalue weighted by Crippen LogP contribution is -2.28. The van der Waals surface area contributed by atoms with Gasteiger partial charge in [-0.1, -0.05) is 17.9 Å². The lowest BCUT2D eigenvalue weighted by Gasteiger charge is -2.06. The molecule has 0 aliphatic carbocycles. The van der Waals surface area contributed by atoms with Crippen molar-refractivity contribution in [2.45, 2.75) is 13.5 Å². The minimum atomic E-state index is -0.321. The Labute approximate surface area is 160 Å². The molecule has 27 heavy (non-hydrogen) atoms. The van der Waals surface area contributed by atoms with Crippen molar-refractivity contribution >= 4 is 34.7 Å². The summed E-state index contributed by atoms with van der Waals surface area (Å²) in [5.41, 5.74) is 14.1. The Hall–Kier alpha value is -3.64. The van der Waals surface area contributed by atoms with Gasteiger partial charge in [-0.05, 0) is 25.1 Å². The molecule has 0 atom stereocenters. The van der Waals surface area contributed by atoms with Crippen LogP contribution in [-0.4, -0.2) is 21.0 Å². The quantitative estimate of drug-likeness (QED) is 0.516. The summed E-state index contributed by atoms with van der Waals surface area (Å²) in [4.78, 5) is 24.1. The van der Waals surface area contributed by atoms with Crippen molar-refractivity contribution in [1.82, 2.24) is 20.3 Å². The van der Waals surface area contributed by atoms with Crippen LogP contribution in [0, 0.1) is 18.8 Å². The van der Waals surface area contributed by atoms with Crippen molar-refractivity contribution in [2.75, 3.05) is 16.8 Å². The lowest BCUT2D eigenvalue weighted by molar-refractivity contribution is 0.251. The number of nitrogens with two attached hydrogens (primary N) is 2. The smallest absolute Gasteiger partial charge is 0.319 e. The maximum absolute atomic E-state index is 12.0. The van der Waals surface area contributed by atoms with Crippen molar-refractivity contribution in [3.05, 3.63) is 57.8 Å². The highest BCUT2D eigenvalue weighted by molar-refractivity contribution is 7.09. The number of nitrogens with one attached hydrogen (secondary N) is 2. The average molecular weight is 379 g/mol. The Bertz CT molecular complexity index is 1020. The van der Waals surface area contributed by atoms with Gasteiger partial charge in [-0.15, -0.1) is 11.3 Å². The van der Waals surface area contributed by atoms with E-state index in [2.05, 4.69) is 37.4 Å². The molecule has 0 fully saturated rings. The van der Waals surface area contributed by atoms with E-state index in [1.54, 1.807) is 18.2 Å². The molecule has 136 valence electrons. The van der Waals surface area contributed by atoms with Crippen LogP contribution < -0.4 is 22.1 Å². The van der Waals surface area contributed by atoms with Crippen molar-refractivity contribution in [1.29, 1.82) is 0 Å². The fraction of sp³-hybridized carbons (Fsp3) is 0.111. The number of thiazole rings is 1. The molecule has 2 aromatic heterocycles. The highest BCUT2D eigenvalue weighted by atomic mass is 32.1. The second-order valence-electron chi connectivity index (χ2n) is 5.54. The standard InChI is InChI=1S/C18H17N7OS/c1-11-9-27-15(24-11)8-21-18(26)25-13-4-2-3-12(7-13)5-6-14-16(19)22-10-23-17(14)20/h2-4,7,9-10H,8H2,1H3,(H2,21,25,26)(H4,19,20,22,23). The van der Waals surface area contributed by atoms with Gasteiger partial charge in [0.05, 0.1) is 6.54 Å². The van der Waals surface area contributed by atoms with Crippen molar-refractivity contribution in [3.63, 3.8) is 0 Å². The molecule has 3 rings (SSSR count). The number of urea groups is 1. The van der Waals surface area contributed by atoms with Crippen LogP contribution in [0.25, 0.3) is 0 Å². The van der Waals surface area contributed by atoms with E-state index in [0.717, 1.165) is 10.7 Å². The summed E-state index contributed by atoms with van der Waals surface area (Å²) < 4.78 is 0. The number of amides is 2. The minimum Gasteiger partial charge on any atom is -0.382 e. The van der Waals surface area contributed by atoms with Crippen LogP contribution in [0.5, 0.6) is 0 Å². The summed E-state index contributed by atoms with van der Waals surface area (Å²) in [6.07, 6.45) is 1.28. The second kappa shape index (κ2) is 8.16. The molecule has 0 saturated carbocycles. The topological polar surface area (TPSA) is 132 Å². The largest absolute Gasteiger partial charge is 0.382 e. The first-order valence-corrected chi connectivity index (χ1v) is 8.83. The monoisotopic (exact) mass is 379 g/mol. The molecule has 8 nitrogen and oxygen atoms in total. The van der Waals surface area contributed by atoms with Gasteiger partial charge < -0.3 is 22.1 Å². The summed E-state index contributed by atoms with van der Waals surface area (Å²) in [5, 5.41) is 8.32. The molecule has 3 aromatic rings. The minimum absolute atomic E-state index is 0.223. The third kappa shape index (κ3) is 4.93. The molecule has 0 saturated heterocycles. The Balaban J connectivity index is 1.65. The van der Waals surface area contributed by atoms with E-state index in [0.29, 0.717) is 23.4 Å². The molecule has 6 N–H and O–H groups in total. The zero-order valence-corrected chi connectivity index (χ0v) is 15.3. The average Bonchev–Trinajstić information content (AvgIpc) is 3.05. The van der Waals surface area contributed by atoms with E-state index in [9.17, 15) is 4.79 Å². The summed E-state index contributed by atoms with van der Waals surface area (Å²) >= 11 is 1.50. The molecular weight excluding hydrogens is 362 g/mol. The molecule has 2 amide bonds. The first-order chi connectivity index (χ1) is 13.0. The fourth-order valence-corrected chi connectivity index (χ4v) is 2.88. The molecule has 0 aliphatic rings. The first kappa shape index (κ1) is 18.2. The number of aromatic nitrogens is 3. The number of benzene rings is 1. The zero-order chi connectivity index (χ0) is 19.2. The number of anilines is 3. The van der Waals surface area contributed by atoms with Crippen LogP contribution in [0.2, 0.25) is 0 Å². The maximum atomic E-state index is 12.0. The number of rotatable bonds is 3. The van der Waals surface area contributed by atoms with Crippen LogP contribution in [0.4, 0.5) is 22.1 Å². The SMILES string of the molecule is Cc1csc(CNC(=O)Nc2cccc(C#Cc3c(N)ncnc3N)c2)n1. The van der Waals surface area contributed by atoms with E-state index in [-0.39, 0.29) is 17.7 Å². The van der Waals surface area contributed by atoms with Crippen LogP contribution in [-0.2, 0) is 6.54 Å². The third-order valence-electron chi connectivity index (χ3n) is 3.42. The number of hydrogen-bond acceptors (Lipinski definition) is 7. The number of hydrogen-bond donors (Lipinski definition) is 4. The molecule has 1 aromatic carbocycles. The van der Waals surface area contributed by atoms with Crippen LogP contribution in [0.1, 0.15) is 21.8 Å². The van der Waals surface area contributed by atoms with E-state index in [1.165, 1.54) is 17.7 Å². The molecule has 0 radical (unpaired) electrons. The van der Waals surface area contributed by atoms with Crippen molar-refractivity contribution in [2.24, 2.45) is 0 Å². The van der Waals surface area contributed by atoms with Gasteiger partial charge in [-0.25, -0.2) is 19.7 Å². The molecule has 0 bridgehead atoms. The number of nitrogens with zero attached hydrogens (tertiary/aromatic N) is 3. The van der Waals surface area contributed by atoms with E-state index >= 15 is 0 Å². The molecular formula is C18H17N7OS. The highest BCUT2D eigenvalue weighted by Crippen LogP contribution is 2.14. The maximum Gasteiger partial charge on any atom is 0.319 e. The predicted molar refractivity (Wildman–Crippen MR) is 106 cm³/mol. The number of aryl methyl sites for hydroxylation is 1. The Morgan fingerprint density at radius 2 is 2.00 bits per heavy atom. The van der Waals surface area contributed by atoms with Gasteiger partial charge in [-0.2, -0.15) is 0 Å². The van der Waals surface area contributed by atoms with Gasteiger partial charge in [0.1, 0.15) is 28.5 Å². The van der Waals surface area contributed by atoms with Gasteiger partial charge in [0.25, 0.3) is 0 Å². The summed E-state index contributed by atoms with van der Waals surface area (Å²) in [6, 6.07) is 6.80. The van der Waals surface area contributed by atoms with Crippen LogP contribution in [0.15, 0.2) is 36.0 Å². The van der Waals surface area contributed by atoms with E-state index in [1.807, 2.05) is 18.4 Å². The molecule has 0 unspecified atom stereocenters. The summed E-state index contributed by atoms with van der Waals surface area (Å²) in [7, 11) is 0. The summed E-state index contributed by atoms with van der Waals surface area (Å²) in [5.74, 6) is 6.26. The van der Waals surface area contributed by atoms with Crippen LogP contribution in [0.3, 0.4) is 0 Å². The van der Waals surface area contributed by atoms with Crippen molar-refractivity contribution < 1.29 is 4.79 Å². The van der Waals surface area contributed by atoms with Gasteiger partial charge in [0, 0.05) is 22.3 Å². The normalized spacial score (nSPS) is 9.96. The van der Waals surface area contributed by atoms with E-state index < -0.39 is 0 Å². The van der Waals surface area contributed by atoms with Crippen LogP contribution >= 0.6 is 11.3 Å².